The molecule has 1 aromatic carbocycles. The predicted octanol–water partition coefficient (Wildman–Crippen LogP) is -1.55. The summed E-state index contributed by atoms with van der Waals surface area (Å²) >= 11 is 0. The van der Waals surface area contributed by atoms with Crippen LogP contribution in [0, 0.1) is 0 Å². The van der Waals surface area contributed by atoms with Crippen LogP contribution in [0.2, 0.25) is 0 Å². The van der Waals surface area contributed by atoms with Gasteiger partial charge >= 0.3 is 0 Å². The first-order chi connectivity index (χ1) is 9.02. The molecule has 0 saturated carbocycles. The first-order valence-corrected chi connectivity index (χ1v) is 5.85. The van der Waals surface area contributed by atoms with Gasteiger partial charge in [-0.05, 0) is 24.3 Å². The Morgan fingerprint density at radius 3 is 2.32 bits per heavy atom. The number of hydrogen-bond acceptors (Lipinski definition) is 7. The van der Waals surface area contributed by atoms with E-state index in [1.807, 2.05) is 0 Å². The molecule has 0 spiro atoms. The number of aliphatic hydroxyl groups excluding tert-OH is 4. The minimum atomic E-state index is -1.45. The van der Waals surface area contributed by atoms with Crippen molar-refractivity contribution in [1.82, 2.24) is 0 Å². The van der Waals surface area contributed by atoms with Crippen LogP contribution in [-0.4, -0.2) is 57.7 Å². The highest BCUT2D eigenvalue weighted by Crippen LogP contribution is 2.24. The van der Waals surface area contributed by atoms with E-state index in [1.165, 1.54) is 0 Å². The standard InChI is InChI=1S/C12H17NO6/c13-6-1-3-7(4-2-6)18-11-10(16)9(15)8(5-14)19-12(11)17/h1-4,8-12,14-17H,5,13H2/t8-,9-,10+,11+,12-/m1/s1. The molecule has 0 aromatic heterocycles. The van der Waals surface area contributed by atoms with Crippen molar-refractivity contribution in [3.8, 4) is 5.75 Å². The number of nitrogen functional groups attached to an aromatic ring is 1. The van der Waals surface area contributed by atoms with Gasteiger partial charge in [0.05, 0.1) is 6.61 Å². The van der Waals surface area contributed by atoms with Crippen molar-refractivity contribution in [1.29, 1.82) is 0 Å². The lowest BCUT2D eigenvalue weighted by atomic mass is 9.99. The summed E-state index contributed by atoms with van der Waals surface area (Å²) in [5.41, 5.74) is 6.08. The summed E-state index contributed by atoms with van der Waals surface area (Å²) in [5, 5.41) is 38.2. The number of aliphatic hydroxyl groups is 4. The summed E-state index contributed by atoms with van der Waals surface area (Å²) in [6.07, 6.45) is -6.36. The zero-order valence-corrected chi connectivity index (χ0v) is 10.1. The van der Waals surface area contributed by atoms with Crippen LogP contribution < -0.4 is 10.5 Å². The van der Waals surface area contributed by atoms with E-state index in [0.717, 1.165) is 0 Å². The average molecular weight is 271 g/mol. The first kappa shape index (κ1) is 14.0. The molecule has 19 heavy (non-hydrogen) atoms. The molecule has 5 atom stereocenters. The molecule has 7 heteroatoms. The van der Waals surface area contributed by atoms with Gasteiger partial charge in [0.25, 0.3) is 0 Å². The first-order valence-electron chi connectivity index (χ1n) is 5.85. The fourth-order valence-corrected chi connectivity index (χ4v) is 1.90. The Bertz CT molecular complexity index is 411. The van der Waals surface area contributed by atoms with E-state index in [-0.39, 0.29) is 0 Å². The summed E-state index contributed by atoms with van der Waals surface area (Å²) in [7, 11) is 0. The van der Waals surface area contributed by atoms with E-state index in [4.69, 9.17) is 20.3 Å². The van der Waals surface area contributed by atoms with E-state index in [9.17, 15) is 15.3 Å². The molecule has 0 aliphatic carbocycles. The van der Waals surface area contributed by atoms with Crippen LogP contribution in [0.3, 0.4) is 0 Å². The van der Waals surface area contributed by atoms with Crippen LogP contribution in [0.1, 0.15) is 0 Å². The molecule has 6 N–H and O–H groups in total. The molecule has 1 fully saturated rings. The minimum Gasteiger partial charge on any atom is -0.482 e. The van der Waals surface area contributed by atoms with Crippen LogP contribution in [0.25, 0.3) is 0 Å². The third-order valence-electron chi connectivity index (χ3n) is 2.99. The Kier molecular flexibility index (Phi) is 4.23. The highest BCUT2D eigenvalue weighted by atomic mass is 16.7. The van der Waals surface area contributed by atoms with Gasteiger partial charge in [0, 0.05) is 5.69 Å². The van der Waals surface area contributed by atoms with Crippen LogP contribution in [0.5, 0.6) is 5.75 Å². The highest BCUT2D eigenvalue weighted by molar-refractivity contribution is 5.41. The van der Waals surface area contributed by atoms with Gasteiger partial charge in [0.2, 0.25) is 0 Å². The molecule has 1 saturated heterocycles. The van der Waals surface area contributed by atoms with E-state index in [1.54, 1.807) is 24.3 Å². The van der Waals surface area contributed by atoms with Crippen molar-refractivity contribution >= 4 is 5.69 Å². The van der Waals surface area contributed by atoms with Crippen molar-refractivity contribution in [2.75, 3.05) is 12.3 Å². The summed E-state index contributed by atoms with van der Waals surface area (Å²) in [6, 6.07) is 6.34. The molecule has 0 unspecified atom stereocenters. The molecule has 1 aliphatic heterocycles. The summed E-state index contributed by atoms with van der Waals surface area (Å²) in [4.78, 5) is 0. The lowest BCUT2D eigenvalue weighted by molar-refractivity contribution is -0.280. The number of nitrogens with two attached hydrogens (primary N) is 1. The van der Waals surface area contributed by atoms with E-state index in [2.05, 4.69) is 0 Å². The van der Waals surface area contributed by atoms with Gasteiger partial charge < -0.3 is 35.6 Å². The molecule has 0 amide bonds. The molecule has 1 aromatic rings. The number of hydrogen-bond donors (Lipinski definition) is 5. The third kappa shape index (κ3) is 2.96. The average Bonchev–Trinajstić information content (AvgIpc) is 2.41. The van der Waals surface area contributed by atoms with E-state index >= 15 is 0 Å². The summed E-state index contributed by atoms with van der Waals surface area (Å²) in [5.74, 6) is 0.371. The summed E-state index contributed by atoms with van der Waals surface area (Å²) < 4.78 is 10.3. The fraction of sp³-hybridized carbons (Fsp3) is 0.500. The van der Waals surface area contributed by atoms with E-state index in [0.29, 0.717) is 11.4 Å². The Morgan fingerprint density at radius 2 is 1.74 bits per heavy atom. The highest BCUT2D eigenvalue weighted by Gasteiger charge is 2.45. The Hall–Kier alpha value is -1.38. The Balaban J connectivity index is 2.09. The maximum Gasteiger partial charge on any atom is 0.195 e. The van der Waals surface area contributed by atoms with E-state index < -0.39 is 37.3 Å². The topological polar surface area (TPSA) is 125 Å². The zero-order chi connectivity index (χ0) is 14.0. The second-order valence-corrected chi connectivity index (χ2v) is 4.38. The monoisotopic (exact) mass is 271 g/mol. The number of rotatable bonds is 3. The number of ether oxygens (including phenoxy) is 2. The molecule has 106 valence electrons. The van der Waals surface area contributed by atoms with Crippen molar-refractivity contribution < 1.29 is 29.9 Å². The summed E-state index contributed by atoms with van der Waals surface area (Å²) in [6.45, 7) is -0.510. The fourth-order valence-electron chi connectivity index (χ4n) is 1.90. The molecular formula is C12H17NO6. The number of anilines is 1. The lowest BCUT2D eigenvalue weighted by Crippen LogP contribution is -2.60. The largest absolute Gasteiger partial charge is 0.482 e. The molecule has 1 heterocycles. The number of benzene rings is 1. The van der Waals surface area contributed by atoms with Crippen LogP contribution in [0.15, 0.2) is 24.3 Å². The molecular weight excluding hydrogens is 254 g/mol. The van der Waals surface area contributed by atoms with Crippen LogP contribution >= 0.6 is 0 Å². The molecule has 0 bridgehead atoms. The quantitative estimate of drug-likeness (QED) is 0.421. The SMILES string of the molecule is Nc1ccc(O[C@H]2[C@@H](O)[C@H](O)[C@@H](CO)O[C@H]2O)cc1. The van der Waals surface area contributed by atoms with Crippen LogP contribution in [-0.2, 0) is 4.74 Å². The van der Waals surface area contributed by atoms with Crippen molar-refractivity contribution in [3.63, 3.8) is 0 Å². The smallest absolute Gasteiger partial charge is 0.195 e. The third-order valence-corrected chi connectivity index (χ3v) is 2.99. The maximum atomic E-state index is 9.87. The van der Waals surface area contributed by atoms with Gasteiger partial charge in [-0.25, -0.2) is 0 Å². The molecule has 1 aliphatic rings. The molecule has 7 nitrogen and oxygen atoms in total. The van der Waals surface area contributed by atoms with Gasteiger partial charge in [0.15, 0.2) is 12.4 Å². The second kappa shape index (κ2) is 5.72. The molecule has 2 rings (SSSR count). The normalized spacial score (nSPS) is 35.1. The van der Waals surface area contributed by atoms with Crippen molar-refractivity contribution in [2.45, 2.75) is 30.7 Å². The lowest BCUT2D eigenvalue weighted by Gasteiger charge is -2.39. The Labute approximate surface area is 109 Å². The van der Waals surface area contributed by atoms with Crippen LogP contribution in [0.4, 0.5) is 5.69 Å². The van der Waals surface area contributed by atoms with Gasteiger partial charge in [-0.2, -0.15) is 0 Å². The van der Waals surface area contributed by atoms with Gasteiger partial charge in [-0.3, -0.25) is 0 Å². The van der Waals surface area contributed by atoms with Crippen molar-refractivity contribution in [2.24, 2.45) is 0 Å². The van der Waals surface area contributed by atoms with Gasteiger partial charge in [0.1, 0.15) is 24.1 Å². The zero-order valence-electron chi connectivity index (χ0n) is 10.1. The van der Waals surface area contributed by atoms with Crippen molar-refractivity contribution in [3.05, 3.63) is 24.3 Å². The maximum absolute atomic E-state index is 9.87. The predicted molar refractivity (Wildman–Crippen MR) is 65.2 cm³/mol. The Morgan fingerprint density at radius 1 is 1.11 bits per heavy atom. The van der Waals surface area contributed by atoms with Gasteiger partial charge in [-0.15, -0.1) is 0 Å². The molecule has 0 radical (unpaired) electrons. The second-order valence-electron chi connectivity index (χ2n) is 4.38. The van der Waals surface area contributed by atoms with Gasteiger partial charge in [-0.1, -0.05) is 0 Å². The minimum absolute atomic E-state index is 0.371.